The van der Waals surface area contributed by atoms with Crippen molar-refractivity contribution < 1.29 is 13.8 Å². The van der Waals surface area contributed by atoms with Gasteiger partial charge in [0.05, 0.1) is 0 Å². The predicted octanol–water partition coefficient (Wildman–Crippen LogP) is 6.88. The maximum Gasteiger partial charge on any atom is 0.198 e. The minimum Gasteiger partial charge on any atom is -0.306 e. The molecule has 0 unspecified atom stereocenters. The van der Waals surface area contributed by atoms with E-state index in [1.54, 1.807) is 60.7 Å². The van der Waals surface area contributed by atoms with Crippen molar-refractivity contribution in [2.24, 2.45) is 5.92 Å². The molecule has 4 heteroatoms. The number of rotatable bonds is 7. The van der Waals surface area contributed by atoms with Crippen molar-refractivity contribution in [3.8, 4) is 0 Å². The zero-order valence-corrected chi connectivity index (χ0v) is 19.0. The molecule has 0 radical (unpaired) electrons. The molecule has 32 heavy (non-hydrogen) atoms. The fourth-order valence-corrected chi connectivity index (χ4v) is 7.04. The van der Waals surface area contributed by atoms with Crippen LogP contribution < -0.4 is 10.6 Å². The van der Waals surface area contributed by atoms with E-state index in [-0.39, 0.29) is 23.7 Å². The number of carbonyl (C=O) groups is 1. The lowest BCUT2D eigenvalue weighted by Crippen LogP contribution is -2.20. The smallest absolute Gasteiger partial charge is 0.198 e. The van der Waals surface area contributed by atoms with Crippen LogP contribution in [0.5, 0.6) is 0 Å². The van der Waals surface area contributed by atoms with Crippen LogP contribution in [0.3, 0.4) is 0 Å². The SMILES string of the molecule is O=C(C/C(=C(/F)P(=O)(c1ccccc1)c1ccccc1)c1ccccc1)C1CCCCC1. The summed E-state index contributed by atoms with van der Waals surface area (Å²) in [5, 5.41) is 0.865. The summed E-state index contributed by atoms with van der Waals surface area (Å²) in [5.74, 6) is 0.00877. The van der Waals surface area contributed by atoms with Crippen LogP contribution in [0.4, 0.5) is 4.39 Å². The first-order chi connectivity index (χ1) is 15.6. The maximum absolute atomic E-state index is 16.6. The van der Waals surface area contributed by atoms with Crippen molar-refractivity contribution >= 4 is 29.1 Å². The molecule has 2 nitrogen and oxygen atoms in total. The predicted molar refractivity (Wildman–Crippen MR) is 130 cm³/mol. The largest absolute Gasteiger partial charge is 0.306 e. The van der Waals surface area contributed by atoms with Gasteiger partial charge < -0.3 is 4.57 Å². The van der Waals surface area contributed by atoms with E-state index in [0.29, 0.717) is 16.2 Å². The lowest BCUT2D eigenvalue weighted by atomic mass is 9.83. The van der Waals surface area contributed by atoms with Crippen LogP contribution in [0.1, 0.15) is 44.1 Å². The summed E-state index contributed by atoms with van der Waals surface area (Å²) >= 11 is 0. The Kier molecular flexibility index (Phi) is 7.17. The molecule has 0 saturated heterocycles. The minimum atomic E-state index is -3.77. The van der Waals surface area contributed by atoms with Crippen LogP contribution >= 0.6 is 7.14 Å². The highest BCUT2D eigenvalue weighted by molar-refractivity contribution is 7.82. The lowest BCUT2D eigenvalue weighted by Gasteiger charge is -2.23. The molecule has 1 fully saturated rings. The van der Waals surface area contributed by atoms with E-state index in [2.05, 4.69) is 0 Å². The second-order valence-corrected chi connectivity index (χ2v) is 11.0. The summed E-state index contributed by atoms with van der Waals surface area (Å²) in [5.41, 5.74) is 0.170. The Morgan fingerprint density at radius 2 is 1.22 bits per heavy atom. The van der Waals surface area contributed by atoms with Gasteiger partial charge in [-0.25, -0.2) is 4.39 Å². The van der Waals surface area contributed by atoms with Crippen molar-refractivity contribution in [2.45, 2.75) is 38.5 Å². The molecule has 0 bridgehead atoms. The number of benzene rings is 3. The molecule has 1 saturated carbocycles. The van der Waals surface area contributed by atoms with E-state index in [9.17, 15) is 9.36 Å². The fraction of sp³-hybridized carbons (Fsp3) is 0.250. The molecule has 3 aromatic rings. The molecule has 0 amide bonds. The van der Waals surface area contributed by atoms with Crippen molar-refractivity contribution in [1.82, 2.24) is 0 Å². The van der Waals surface area contributed by atoms with E-state index in [4.69, 9.17) is 0 Å². The third-order valence-electron chi connectivity index (χ3n) is 6.30. The van der Waals surface area contributed by atoms with E-state index in [1.807, 2.05) is 30.3 Å². The number of hydrogen-bond acceptors (Lipinski definition) is 2. The molecule has 1 aliphatic rings. The van der Waals surface area contributed by atoms with Gasteiger partial charge in [0, 0.05) is 28.5 Å². The highest BCUT2D eigenvalue weighted by atomic mass is 31.2. The monoisotopic (exact) mass is 446 g/mol. The van der Waals surface area contributed by atoms with Gasteiger partial charge in [-0.2, -0.15) is 0 Å². The number of ketones is 1. The van der Waals surface area contributed by atoms with Gasteiger partial charge in [-0.3, -0.25) is 4.79 Å². The van der Waals surface area contributed by atoms with Crippen LogP contribution in [0.25, 0.3) is 5.57 Å². The molecule has 0 aromatic heterocycles. The summed E-state index contributed by atoms with van der Waals surface area (Å²) in [6.45, 7) is 0. The molecule has 164 valence electrons. The van der Waals surface area contributed by atoms with Gasteiger partial charge in [0.15, 0.2) is 12.7 Å². The number of carbonyl (C=O) groups excluding carboxylic acids is 1. The van der Waals surface area contributed by atoms with E-state index < -0.39 is 12.7 Å². The molecular formula is C28H28FO2P. The number of allylic oxidation sites excluding steroid dienone is 1. The van der Waals surface area contributed by atoms with Crippen molar-refractivity contribution in [3.63, 3.8) is 0 Å². The van der Waals surface area contributed by atoms with Crippen molar-refractivity contribution in [3.05, 3.63) is 102 Å². The Hall–Kier alpha value is -2.77. The highest BCUT2D eigenvalue weighted by Crippen LogP contribution is 2.55. The molecule has 0 spiro atoms. The molecule has 4 rings (SSSR count). The van der Waals surface area contributed by atoms with Gasteiger partial charge in [0.1, 0.15) is 5.78 Å². The van der Waals surface area contributed by atoms with Gasteiger partial charge in [-0.05, 0) is 18.4 Å². The Morgan fingerprint density at radius 3 is 1.72 bits per heavy atom. The average Bonchev–Trinajstić information content (AvgIpc) is 2.88. The summed E-state index contributed by atoms with van der Waals surface area (Å²) in [4.78, 5) is 13.2. The normalized spacial score (nSPS) is 15.8. The molecule has 0 aliphatic heterocycles. The number of Topliss-reactive ketones (excluding diaryl/α,β-unsaturated/α-hetero) is 1. The zero-order valence-electron chi connectivity index (χ0n) is 18.1. The number of halogens is 1. The summed E-state index contributed by atoms with van der Waals surface area (Å²) < 4.78 is 31.1. The zero-order chi connectivity index (χ0) is 22.4. The second-order valence-electron chi connectivity index (χ2n) is 8.39. The first-order valence-electron chi connectivity index (χ1n) is 11.3. The van der Waals surface area contributed by atoms with Crippen molar-refractivity contribution in [2.75, 3.05) is 0 Å². The van der Waals surface area contributed by atoms with Gasteiger partial charge in [0.2, 0.25) is 0 Å². The topological polar surface area (TPSA) is 34.1 Å². The van der Waals surface area contributed by atoms with Gasteiger partial charge in [-0.15, -0.1) is 0 Å². The second kappa shape index (κ2) is 10.2. The quantitative estimate of drug-likeness (QED) is 0.371. The Labute approximate surface area is 189 Å². The maximum atomic E-state index is 16.6. The van der Waals surface area contributed by atoms with E-state index in [0.717, 1.165) is 32.1 Å². The first kappa shape index (κ1) is 22.4. The van der Waals surface area contributed by atoms with Crippen molar-refractivity contribution in [1.29, 1.82) is 0 Å². The lowest BCUT2D eigenvalue weighted by molar-refractivity contribution is -0.122. The van der Waals surface area contributed by atoms with E-state index >= 15 is 4.39 Å². The fourth-order valence-electron chi connectivity index (χ4n) is 4.52. The average molecular weight is 447 g/mol. The third kappa shape index (κ3) is 4.69. The molecule has 0 atom stereocenters. The molecule has 0 heterocycles. The van der Waals surface area contributed by atoms with Crippen LogP contribution in [0.2, 0.25) is 0 Å². The van der Waals surface area contributed by atoms with Crippen LogP contribution in [-0.2, 0) is 9.36 Å². The van der Waals surface area contributed by atoms with E-state index in [1.165, 1.54) is 0 Å². The summed E-state index contributed by atoms with van der Waals surface area (Å²) in [7, 11) is -3.77. The van der Waals surface area contributed by atoms with Gasteiger partial charge >= 0.3 is 0 Å². The van der Waals surface area contributed by atoms with Crippen LogP contribution in [0, 0.1) is 5.92 Å². The summed E-state index contributed by atoms with van der Waals surface area (Å²) in [6, 6.07) is 26.7. The standard InChI is InChI=1S/C28H28FO2P/c29-28(32(31,24-17-9-3-10-18-24)25-19-11-4-12-20-25)26(22-13-5-1-6-14-22)21-27(30)23-15-7-2-8-16-23/h1,3-6,9-14,17-20,23H,2,7-8,15-16,21H2/b28-26+. The molecule has 1 aliphatic carbocycles. The van der Waals surface area contributed by atoms with Gasteiger partial charge in [0.25, 0.3) is 0 Å². The van der Waals surface area contributed by atoms with Crippen LogP contribution in [-0.4, -0.2) is 5.78 Å². The third-order valence-corrected chi connectivity index (χ3v) is 9.17. The molecule has 3 aromatic carbocycles. The Bertz CT molecular complexity index is 1070. The van der Waals surface area contributed by atoms with Gasteiger partial charge in [-0.1, -0.05) is 110 Å². The Morgan fingerprint density at radius 1 is 0.750 bits per heavy atom. The minimum absolute atomic E-state index is 0.0375. The Balaban J connectivity index is 1.87. The molecule has 0 N–H and O–H groups in total. The highest BCUT2D eigenvalue weighted by Gasteiger charge is 2.36. The first-order valence-corrected chi connectivity index (χ1v) is 13.0. The number of hydrogen-bond donors (Lipinski definition) is 0. The summed E-state index contributed by atoms with van der Waals surface area (Å²) in [6.07, 6.45) is 4.90. The van der Waals surface area contributed by atoms with Crippen LogP contribution in [0.15, 0.2) is 96.6 Å². The molecular weight excluding hydrogens is 418 g/mol.